The number of halogens is 2. The van der Waals surface area contributed by atoms with Gasteiger partial charge in [0.1, 0.15) is 5.82 Å². The molecular weight excluding hydrogens is 311 g/mol. The van der Waals surface area contributed by atoms with Gasteiger partial charge in [0.05, 0.1) is 6.21 Å². The SMILES string of the molecule is O=C(N/N=C\c1cccc(Br)c1)c1ccc(F)cc1. The minimum absolute atomic E-state index is 0.354. The van der Waals surface area contributed by atoms with Crippen molar-refractivity contribution in [3.05, 3.63) is 69.9 Å². The molecule has 0 aliphatic carbocycles. The van der Waals surface area contributed by atoms with Gasteiger partial charge in [-0.15, -0.1) is 0 Å². The number of hydrazone groups is 1. The van der Waals surface area contributed by atoms with Crippen LogP contribution in [0.1, 0.15) is 15.9 Å². The standard InChI is InChI=1S/C14H10BrFN2O/c15-12-3-1-2-10(8-12)9-17-18-14(19)11-4-6-13(16)7-5-11/h1-9H,(H,18,19)/b17-9-. The molecule has 0 spiro atoms. The van der Waals surface area contributed by atoms with E-state index in [0.29, 0.717) is 5.56 Å². The van der Waals surface area contributed by atoms with Gasteiger partial charge < -0.3 is 0 Å². The van der Waals surface area contributed by atoms with E-state index in [0.717, 1.165) is 10.0 Å². The van der Waals surface area contributed by atoms with E-state index in [4.69, 9.17) is 0 Å². The molecule has 96 valence electrons. The molecular formula is C14H10BrFN2O. The van der Waals surface area contributed by atoms with Crippen LogP contribution in [0, 0.1) is 5.82 Å². The number of carbonyl (C=O) groups is 1. The van der Waals surface area contributed by atoms with Crippen LogP contribution in [-0.4, -0.2) is 12.1 Å². The summed E-state index contributed by atoms with van der Waals surface area (Å²) in [5.41, 5.74) is 3.59. The second-order valence-corrected chi connectivity index (χ2v) is 4.68. The van der Waals surface area contributed by atoms with Crippen molar-refractivity contribution < 1.29 is 9.18 Å². The van der Waals surface area contributed by atoms with E-state index < -0.39 is 0 Å². The van der Waals surface area contributed by atoms with Crippen molar-refractivity contribution in [3.8, 4) is 0 Å². The van der Waals surface area contributed by atoms with Gasteiger partial charge in [0.25, 0.3) is 5.91 Å². The Morgan fingerprint density at radius 1 is 1.21 bits per heavy atom. The molecule has 2 aromatic carbocycles. The second-order valence-electron chi connectivity index (χ2n) is 3.76. The number of nitrogens with one attached hydrogen (secondary N) is 1. The highest BCUT2D eigenvalue weighted by Gasteiger charge is 2.03. The molecule has 0 aliphatic rings. The molecule has 0 saturated heterocycles. The summed E-state index contributed by atoms with van der Waals surface area (Å²) in [4.78, 5) is 11.7. The molecule has 5 heteroatoms. The van der Waals surface area contributed by atoms with Crippen molar-refractivity contribution in [2.45, 2.75) is 0 Å². The van der Waals surface area contributed by atoms with Crippen molar-refractivity contribution in [1.29, 1.82) is 0 Å². The van der Waals surface area contributed by atoms with Crippen molar-refractivity contribution in [1.82, 2.24) is 5.43 Å². The summed E-state index contributed by atoms with van der Waals surface area (Å²) in [5, 5.41) is 3.84. The van der Waals surface area contributed by atoms with Crippen LogP contribution >= 0.6 is 15.9 Å². The predicted octanol–water partition coefficient (Wildman–Crippen LogP) is 3.35. The highest BCUT2D eigenvalue weighted by atomic mass is 79.9. The fraction of sp³-hybridized carbons (Fsp3) is 0. The second kappa shape index (κ2) is 6.24. The van der Waals surface area contributed by atoms with Gasteiger partial charge in [-0.05, 0) is 42.0 Å². The first kappa shape index (κ1) is 13.4. The van der Waals surface area contributed by atoms with E-state index in [2.05, 4.69) is 26.5 Å². The average molecular weight is 321 g/mol. The van der Waals surface area contributed by atoms with Gasteiger partial charge in [-0.1, -0.05) is 28.1 Å². The lowest BCUT2D eigenvalue weighted by molar-refractivity contribution is 0.0955. The third-order valence-electron chi connectivity index (χ3n) is 2.33. The summed E-state index contributed by atoms with van der Waals surface area (Å²) in [6, 6.07) is 12.8. The molecule has 0 aromatic heterocycles. The lowest BCUT2D eigenvalue weighted by Gasteiger charge is -1.99. The summed E-state index contributed by atoms with van der Waals surface area (Å²) in [6.07, 6.45) is 1.53. The van der Waals surface area contributed by atoms with Crippen molar-refractivity contribution >= 4 is 28.1 Å². The highest BCUT2D eigenvalue weighted by molar-refractivity contribution is 9.10. The third kappa shape index (κ3) is 3.99. The van der Waals surface area contributed by atoms with Crippen LogP contribution in [0.5, 0.6) is 0 Å². The summed E-state index contributed by atoms with van der Waals surface area (Å²) in [6.45, 7) is 0. The fourth-order valence-corrected chi connectivity index (χ4v) is 1.84. The Hall–Kier alpha value is -2.01. The van der Waals surface area contributed by atoms with Gasteiger partial charge >= 0.3 is 0 Å². The fourth-order valence-electron chi connectivity index (χ4n) is 1.42. The van der Waals surface area contributed by atoms with E-state index in [9.17, 15) is 9.18 Å². The number of amides is 1. The van der Waals surface area contributed by atoms with E-state index >= 15 is 0 Å². The van der Waals surface area contributed by atoms with Crippen LogP contribution in [0.2, 0.25) is 0 Å². The molecule has 0 unspecified atom stereocenters. The molecule has 0 fully saturated rings. The van der Waals surface area contributed by atoms with E-state index in [1.165, 1.54) is 30.5 Å². The number of benzene rings is 2. The van der Waals surface area contributed by atoms with Crippen LogP contribution in [0.25, 0.3) is 0 Å². The molecule has 0 atom stereocenters. The van der Waals surface area contributed by atoms with E-state index in [-0.39, 0.29) is 11.7 Å². The van der Waals surface area contributed by atoms with Gasteiger partial charge in [0, 0.05) is 10.0 Å². The normalized spacial score (nSPS) is 10.6. The summed E-state index contributed by atoms with van der Waals surface area (Å²) < 4.78 is 13.6. The first-order valence-electron chi connectivity index (χ1n) is 5.50. The topological polar surface area (TPSA) is 41.5 Å². The van der Waals surface area contributed by atoms with Gasteiger partial charge in [-0.2, -0.15) is 5.10 Å². The quantitative estimate of drug-likeness (QED) is 0.684. The van der Waals surface area contributed by atoms with Gasteiger partial charge in [0.15, 0.2) is 0 Å². The summed E-state index contributed by atoms with van der Waals surface area (Å²) >= 11 is 3.34. The van der Waals surface area contributed by atoms with E-state index in [1.54, 1.807) is 0 Å². The number of hydrogen-bond acceptors (Lipinski definition) is 2. The molecule has 1 amide bonds. The van der Waals surface area contributed by atoms with Crippen molar-refractivity contribution in [3.63, 3.8) is 0 Å². The monoisotopic (exact) mass is 320 g/mol. The van der Waals surface area contributed by atoms with Crippen LogP contribution in [0.3, 0.4) is 0 Å². The molecule has 0 heterocycles. The molecule has 0 aliphatic heterocycles. The lowest BCUT2D eigenvalue weighted by atomic mass is 10.2. The number of rotatable bonds is 3. The Kier molecular flexibility index (Phi) is 4.41. The average Bonchev–Trinajstić information content (AvgIpc) is 2.39. The van der Waals surface area contributed by atoms with Crippen LogP contribution in [0.15, 0.2) is 58.1 Å². The molecule has 2 rings (SSSR count). The molecule has 1 N–H and O–H groups in total. The smallest absolute Gasteiger partial charge is 0.267 e. The zero-order valence-corrected chi connectivity index (χ0v) is 11.4. The molecule has 19 heavy (non-hydrogen) atoms. The molecule has 0 saturated carbocycles. The highest BCUT2D eigenvalue weighted by Crippen LogP contribution is 2.09. The predicted molar refractivity (Wildman–Crippen MR) is 75.6 cm³/mol. The maximum Gasteiger partial charge on any atom is 0.271 e. The Morgan fingerprint density at radius 2 is 1.95 bits per heavy atom. The van der Waals surface area contributed by atoms with Gasteiger partial charge in [0.2, 0.25) is 0 Å². The molecule has 3 nitrogen and oxygen atoms in total. The van der Waals surface area contributed by atoms with E-state index in [1.807, 2.05) is 24.3 Å². The molecule has 2 aromatic rings. The number of nitrogens with zero attached hydrogens (tertiary/aromatic N) is 1. The first-order chi connectivity index (χ1) is 9.15. The number of hydrogen-bond donors (Lipinski definition) is 1. The zero-order valence-electron chi connectivity index (χ0n) is 9.81. The molecule has 0 radical (unpaired) electrons. The van der Waals surface area contributed by atoms with Gasteiger partial charge in [-0.3, -0.25) is 4.79 Å². The Morgan fingerprint density at radius 3 is 2.63 bits per heavy atom. The Balaban J connectivity index is 1.98. The minimum Gasteiger partial charge on any atom is -0.267 e. The van der Waals surface area contributed by atoms with Crippen LogP contribution < -0.4 is 5.43 Å². The first-order valence-corrected chi connectivity index (χ1v) is 6.29. The summed E-state index contributed by atoms with van der Waals surface area (Å²) in [7, 11) is 0. The zero-order chi connectivity index (χ0) is 13.7. The summed E-state index contributed by atoms with van der Waals surface area (Å²) in [5.74, 6) is -0.763. The maximum absolute atomic E-state index is 12.7. The Labute approximate surface area is 118 Å². The largest absolute Gasteiger partial charge is 0.271 e. The van der Waals surface area contributed by atoms with Crippen LogP contribution in [-0.2, 0) is 0 Å². The van der Waals surface area contributed by atoms with Crippen molar-refractivity contribution in [2.75, 3.05) is 0 Å². The third-order valence-corrected chi connectivity index (χ3v) is 2.83. The molecule has 0 bridgehead atoms. The van der Waals surface area contributed by atoms with Gasteiger partial charge in [-0.25, -0.2) is 9.82 Å². The Bertz CT molecular complexity index is 611. The van der Waals surface area contributed by atoms with Crippen LogP contribution in [0.4, 0.5) is 4.39 Å². The van der Waals surface area contributed by atoms with Crippen molar-refractivity contribution in [2.24, 2.45) is 5.10 Å². The number of carbonyl (C=O) groups excluding carboxylic acids is 1. The minimum atomic E-state index is -0.383. The maximum atomic E-state index is 12.7. The lowest BCUT2D eigenvalue weighted by Crippen LogP contribution is -2.17.